The Balaban J connectivity index is 1.44. The molecule has 0 saturated heterocycles. The van der Waals surface area contributed by atoms with Crippen molar-refractivity contribution >= 4 is 51.8 Å². The fourth-order valence-electron chi connectivity index (χ4n) is 3.66. The second-order valence-corrected chi connectivity index (χ2v) is 8.27. The van der Waals surface area contributed by atoms with E-state index in [0.717, 1.165) is 0 Å². The van der Waals surface area contributed by atoms with Gasteiger partial charge in [0.15, 0.2) is 0 Å². The topological polar surface area (TPSA) is 82.7 Å². The van der Waals surface area contributed by atoms with E-state index in [2.05, 4.69) is 25.6 Å². The average molecular weight is 472 g/mol. The zero-order valence-corrected chi connectivity index (χ0v) is 17.6. The Bertz CT molecular complexity index is 1090. The number of pyridine rings is 1. The summed E-state index contributed by atoms with van der Waals surface area (Å²) in [7, 11) is 0. The molecule has 0 aliphatic heterocycles. The lowest BCUT2D eigenvalue weighted by atomic mass is 9.85. The lowest BCUT2D eigenvalue weighted by Crippen LogP contribution is -2.40. The molecule has 0 atom stereocenters. The van der Waals surface area contributed by atoms with Crippen LogP contribution < -0.4 is 10.6 Å². The summed E-state index contributed by atoms with van der Waals surface area (Å²) in [4.78, 5) is 24.1. The fourth-order valence-corrected chi connectivity index (χ4v) is 4.15. The molecule has 1 aliphatic rings. The molecule has 1 saturated carbocycles. The van der Waals surface area contributed by atoms with E-state index < -0.39 is 18.0 Å². The van der Waals surface area contributed by atoms with Crippen molar-refractivity contribution in [1.29, 1.82) is 0 Å². The van der Waals surface area contributed by atoms with Crippen molar-refractivity contribution in [2.75, 3.05) is 5.32 Å². The highest BCUT2D eigenvalue weighted by atomic mass is 35.5. The molecule has 1 amide bonds. The highest BCUT2D eigenvalue weighted by Gasteiger charge is 2.41. The molecule has 2 heterocycles. The van der Waals surface area contributed by atoms with Gasteiger partial charge in [-0.1, -0.05) is 29.3 Å². The summed E-state index contributed by atoms with van der Waals surface area (Å²) in [6.45, 7) is 0. The Hall–Kier alpha value is -2.52. The summed E-state index contributed by atoms with van der Waals surface area (Å²) in [6.07, 6.45) is -2.13. The molecule has 1 fully saturated rings. The van der Waals surface area contributed by atoms with Crippen molar-refractivity contribution in [3.05, 3.63) is 46.2 Å². The molecule has 0 bridgehead atoms. The molecule has 3 N–H and O–H groups in total. The Morgan fingerprint density at radius 3 is 2.45 bits per heavy atom. The average Bonchev–Trinajstić information content (AvgIpc) is 3.12. The number of fused-ring (bicyclic) bond motifs is 1. The molecule has 31 heavy (non-hydrogen) atoms. The normalized spacial score (nSPS) is 19.4. The minimum absolute atomic E-state index is 0.0150. The first-order chi connectivity index (χ1) is 14.7. The Labute approximate surface area is 185 Å². The maximum Gasteiger partial charge on any atom is 0.391 e. The standard InChI is InChI=1S/C20H18Cl2F3N5O/c21-12-2-1-3-13(22)17(12)30-19-28-14-8-15(26-9-16(14)29-19)18(31)27-11-6-4-10(5-7-11)20(23,24)25/h1-3,8-11H,4-7H2,(H,27,31)(H2,28,29,30)/t10-,11-. The number of amides is 1. The molecule has 3 aromatic rings. The molecule has 11 heteroatoms. The van der Waals surface area contributed by atoms with Crippen LogP contribution in [0.1, 0.15) is 36.2 Å². The van der Waals surface area contributed by atoms with Gasteiger partial charge in [0.2, 0.25) is 5.95 Å². The second kappa shape index (κ2) is 8.55. The van der Waals surface area contributed by atoms with E-state index in [1.165, 1.54) is 6.20 Å². The van der Waals surface area contributed by atoms with Gasteiger partial charge in [-0.15, -0.1) is 0 Å². The molecule has 1 aliphatic carbocycles. The van der Waals surface area contributed by atoms with Crippen LogP contribution in [0.25, 0.3) is 11.0 Å². The van der Waals surface area contributed by atoms with Crippen LogP contribution in [0.4, 0.5) is 24.8 Å². The Morgan fingerprint density at radius 2 is 1.81 bits per heavy atom. The van der Waals surface area contributed by atoms with E-state index in [0.29, 0.717) is 32.7 Å². The molecule has 0 spiro atoms. The second-order valence-electron chi connectivity index (χ2n) is 7.46. The number of benzene rings is 1. The Kier molecular flexibility index (Phi) is 5.98. The van der Waals surface area contributed by atoms with E-state index in [4.69, 9.17) is 23.2 Å². The van der Waals surface area contributed by atoms with Crippen LogP contribution in [-0.4, -0.2) is 33.1 Å². The summed E-state index contributed by atoms with van der Waals surface area (Å²) < 4.78 is 38.4. The first-order valence-corrected chi connectivity index (χ1v) is 10.4. The molecule has 1 aromatic carbocycles. The van der Waals surface area contributed by atoms with Crippen LogP contribution in [0, 0.1) is 5.92 Å². The minimum atomic E-state index is -4.18. The number of alkyl halides is 3. The molecule has 0 unspecified atom stereocenters. The molecule has 6 nitrogen and oxygen atoms in total. The molecular formula is C20H18Cl2F3N5O. The summed E-state index contributed by atoms with van der Waals surface area (Å²) >= 11 is 12.3. The van der Waals surface area contributed by atoms with E-state index in [9.17, 15) is 18.0 Å². The number of anilines is 2. The number of nitrogens with zero attached hydrogens (tertiary/aromatic N) is 2. The predicted molar refractivity (Wildman–Crippen MR) is 113 cm³/mol. The van der Waals surface area contributed by atoms with Crippen molar-refractivity contribution in [2.24, 2.45) is 5.92 Å². The van der Waals surface area contributed by atoms with Crippen LogP contribution in [0.15, 0.2) is 30.5 Å². The number of halogens is 5. The number of para-hydroxylation sites is 1. The molecule has 4 rings (SSSR count). The number of aromatic nitrogens is 3. The summed E-state index contributed by atoms with van der Waals surface area (Å²) in [5.41, 5.74) is 1.72. The number of hydrogen-bond donors (Lipinski definition) is 3. The highest BCUT2D eigenvalue weighted by Crippen LogP contribution is 2.37. The van der Waals surface area contributed by atoms with Crippen LogP contribution >= 0.6 is 23.2 Å². The van der Waals surface area contributed by atoms with Crippen LogP contribution in [-0.2, 0) is 0 Å². The quantitative estimate of drug-likeness (QED) is 0.444. The van der Waals surface area contributed by atoms with E-state index in [1.54, 1.807) is 24.3 Å². The van der Waals surface area contributed by atoms with Crippen molar-refractivity contribution in [3.8, 4) is 0 Å². The molecule has 2 aromatic heterocycles. The van der Waals surface area contributed by atoms with E-state index in [-0.39, 0.29) is 37.4 Å². The van der Waals surface area contributed by atoms with Crippen LogP contribution in [0.3, 0.4) is 0 Å². The molecule has 164 valence electrons. The maximum atomic E-state index is 12.8. The van der Waals surface area contributed by atoms with Gasteiger partial charge in [0.25, 0.3) is 5.91 Å². The smallest absolute Gasteiger partial charge is 0.348 e. The van der Waals surface area contributed by atoms with Crippen molar-refractivity contribution in [2.45, 2.75) is 37.9 Å². The number of carbonyl (C=O) groups is 1. The van der Waals surface area contributed by atoms with Crippen LogP contribution in [0.5, 0.6) is 0 Å². The number of carbonyl (C=O) groups excluding carboxylic acids is 1. The van der Waals surface area contributed by atoms with Gasteiger partial charge in [-0.05, 0) is 43.9 Å². The largest absolute Gasteiger partial charge is 0.391 e. The SMILES string of the molecule is O=C(N[C@H]1CC[C@H](C(F)(F)F)CC1)c1cc2[nH]c(Nc3c(Cl)cccc3Cl)nc2cn1. The van der Waals surface area contributed by atoms with Crippen molar-refractivity contribution < 1.29 is 18.0 Å². The van der Waals surface area contributed by atoms with Crippen LogP contribution in [0.2, 0.25) is 10.0 Å². The van der Waals surface area contributed by atoms with Gasteiger partial charge in [0, 0.05) is 6.04 Å². The summed E-state index contributed by atoms with van der Waals surface area (Å²) in [5.74, 6) is -1.36. The third kappa shape index (κ3) is 4.88. The number of imidazole rings is 1. The van der Waals surface area contributed by atoms with Crippen molar-refractivity contribution in [3.63, 3.8) is 0 Å². The summed E-state index contributed by atoms with van der Waals surface area (Å²) in [6, 6.07) is 6.33. The van der Waals surface area contributed by atoms with Crippen molar-refractivity contribution in [1.82, 2.24) is 20.3 Å². The number of aromatic amines is 1. The summed E-state index contributed by atoms with van der Waals surface area (Å²) in [5, 5.41) is 6.63. The van der Waals surface area contributed by atoms with Gasteiger partial charge in [-0.2, -0.15) is 13.2 Å². The maximum absolute atomic E-state index is 12.8. The lowest BCUT2D eigenvalue weighted by Gasteiger charge is -2.30. The third-order valence-corrected chi connectivity index (χ3v) is 5.96. The molecule has 0 radical (unpaired) electrons. The third-order valence-electron chi connectivity index (χ3n) is 5.33. The van der Waals surface area contributed by atoms with Gasteiger partial charge in [0.1, 0.15) is 11.2 Å². The number of nitrogens with one attached hydrogen (secondary N) is 3. The van der Waals surface area contributed by atoms with Gasteiger partial charge in [0.05, 0.1) is 33.4 Å². The number of hydrogen-bond acceptors (Lipinski definition) is 4. The van der Waals surface area contributed by atoms with E-state index >= 15 is 0 Å². The highest BCUT2D eigenvalue weighted by molar-refractivity contribution is 6.39. The number of rotatable bonds is 4. The minimum Gasteiger partial charge on any atom is -0.348 e. The van der Waals surface area contributed by atoms with Gasteiger partial charge < -0.3 is 15.6 Å². The fraction of sp³-hybridized carbons (Fsp3) is 0.350. The van der Waals surface area contributed by atoms with Gasteiger partial charge in [-0.3, -0.25) is 4.79 Å². The number of H-pyrrole nitrogens is 1. The van der Waals surface area contributed by atoms with Gasteiger partial charge >= 0.3 is 6.18 Å². The predicted octanol–water partition coefficient (Wildman–Crippen LogP) is 5.86. The Morgan fingerprint density at radius 1 is 1.13 bits per heavy atom. The van der Waals surface area contributed by atoms with Gasteiger partial charge in [-0.25, -0.2) is 9.97 Å². The molecular weight excluding hydrogens is 454 g/mol. The van der Waals surface area contributed by atoms with E-state index in [1.807, 2.05) is 0 Å². The zero-order valence-electron chi connectivity index (χ0n) is 16.1. The first kappa shape index (κ1) is 21.7. The lowest BCUT2D eigenvalue weighted by molar-refractivity contribution is -0.182. The monoisotopic (exact) mass is 471 g/mol. The zero-order chi connectivity index (χ0) is 22.2. The first-order valence-electron chi connectivity index (χ1n) is 9.65.